The van der Waals surface area contributed by atoms with Crippen molar-refractivity contribution < 1.29 is 24.8 Å². The highest BCUT2D eigenvalue weighted by Crippen LogP contribution is 2.32. The van der Waals surface area contributed by atoms with Crippen LogP contribution in [0.4, 0.5) is 0 Å². The number of aromatic nitrogens is 5. The number of rotatable bonds is 7. The van der Waals surface area contributed by atoms with Gasteiger partial charge in [0.2, 0.25) is 5.88 Å². The third-order valence-corrected chi connectivity index (χ3v) is 4.80. The average Bonchev–Trinajstić information content (AvgIpc) is 3.15. The predicted molar refractivity (Wildman–Crippen MR) is 88.3 cm³/mol. The molecule has 138 valence electrons. The maximum atomic E-state index is 10.2. The molecule has 1 fully saturated rings. The van der Waals surface area contributed by atoms with Crippen molar-refractivity contribution >= 4 is 22.9 Å². The van der Waals surface area contributed by atoms with E-state index < -0.39 is 31.1 Å². The first-order chi connectivity index (χ1) is 12.1. The standard InChI is InChI=1S/C14H21N5O5S/c1-3-5-25-14-15-11-8(12(16-14)23-4-2)17-18-19(11)13-10(22)9(21)7(6-20)24-13/h7,9-10,13,20-22H,3-6H2,1-2H3/t7-,9-,10-,13-/m1/s1. The van der Waals surface area contributed by atoms with Gasteiger partial charge in [0.15, 0.2) is 22.5 Å². The molecule has 1 aliphatic rings. The van der Waals surface area contributed by atoms with Crippen LogP contribution in [0, 0.1) is 0 Å². The second-order valence-electron chi connectivity index (χ2n) is 5.53. The van der Waals surface area contributed by atoms with Crippen LogP contribution in [0.25, 0.3) is 11.2 Å². The average molecular weight is 371 g/mol. The summed E-state index contributed by atoms with van der Waals surface area (Å²) in [6.07, 6.45) is -3.44. The summed E-state index contributed by atoms with van der Waals surface area (Å²) in [5, 5.41) is 37.9. The van der Waals surface area contributed by atoms with Crippen LogP contribution in [0.2, 0.25) is 0 Å². The molecule has 11 heteroatoms. The van der Waals surface area contributed by atoms with E-state index in [2.05, 4.69) is 27.2 Å². The highest BCUT2D eigenvalue weighted by molar-refractivity contribution is 7.99. The van der Waals surface area contributed by atoms with Gasteiger partial charge in [-0.2, -0.15) is 9.67 Å². The van der Waals surface area contributed by atoms with Crippen molar-refractivity contribution in [2.75, 3.05) is 19.0 Å². The minimum atomic E-state index is -1.26. The van der Waals surface area contributed by atoms with E-state index in [9.17, 15) is 15.3 Å². The summed E-state index contributed by atoms with van der Waals surface area (Å²) in [4.78, 5) is 8.80. The van der Waals surface area contributed by atoms with Gasteiger partial charge in [0, 0.05) is 5.75 Å². The van der Waals surface area contributed by atoms with E-state index in [1.807, 2.05) is 6.92 Å². The molecule has 3 heterocycles. The summed E-state index contributed by atoms with van der Waals surface area (Å²) in [6, 6.07) is 0. The number of aliphatic hydroxyl groups is 3. The number of hydrogen-bond acceptors (Lipinski definition) is 10. The summed E-state index contributed by atoms with van der Waals surface area (Å²) in [5.74, 6) is 1.15. The Hall–Kier alpha value is -1.53. The van der Waals surface area contributed by atoms with E-state index in [4.69, 9.17) is 9.47 Å². The fourth-order valence-corrected chi connectivity index (χ4v) is 3.22. The number of fused-ring (bicyclic) bond motifs is 1. The third-order valence-electron chi connectivity index (χ3n) is 3.75. The fourth-order valence-electron chi connectivity index (χ4n) is 2.54. The molecule has 1 aliphatic heterocycles. The van der Waals surface area contributed by atoms with Gasteiger partial charge in [-0.25, -0.2) is 4.98 Å². The zero-order chi connectivity index (χ0) is 18.0. The number of hydrogen-bond donors (Lipinski definition) is 3. The van der Waals surface area contributed by atoms with E-state index in [0.717, 1.165) is 12.2 Å². The van der Waals surface area contributed by atoms with Crippen LogP contribution in [0.5, 0.6) is 5.88 Å². The number of aliphatic hydroxyl groups excluding tert-OH is 3. The van der Waals surface area contributed by atoms with E-state index in [1.54, 1.807) is 0 Å². The molecule has 0 saturated carbocycles. The highest BCUT2D eigenvalue weighted by Gasteiger charge is 2.44. The molecular formula is C14H21N5O5S. The largest absolute Gasteiger partial charge is 0.476 e. The molecule has 2 aromatic rings. The van der Waals surface area contributed by atoms with Crippen molar-refractivity contribution in [3.63, 3.8) is 0 Å². The number of ether oxygens (including phenoxy) is 2. The lowest BCUT2D eigenvalue weighted by molar-refractivity contribution is -0.0575. The van der Waals surface area contributed by atoms with Gasteiger partial charge in [0.25, 0.3) is 0 Å². The monoisotopic (exact) mass is 371 g/mol. The summed E-state index contributed by atoms with van der Waals surface area (Å²) in [7, 11) is 0. The fraction of sp³-hybridized carbons (Fsp3) is 0.714. The van der Waals surface area contributed by atoms with E-state index in [0.29, 0.717) is 28.8 Å². The lowest BCUT2D eigenvalue weighted by Gasteiger charge is -2.15. The maximum absolute atomic E-state index is 10.2. The van der Waals surface area contributed by atoms with Crippen molar-refractivity contribution in [2.45, 2.75) is 50.0 Å². The number of nitrogens with zero attached hydrogens (tertiary/aromatic N) is 5. The Bertz CT molecular complexity index is 729. The zero-order valence-electron chi connectivity index (χ0n) is 13.9. The van der Waals surface area contributed by atoms with Crippen molar-refractivity contribution in [3.8, 4) is 5.88 Å². The molecule has 2 aromatic heterocycles. The van der Waals surface area contributed by atoms with E-state index in [1.165, 1.54) is 16.4 Å². The molecule has 1 saturated heterocycles. The van der Waals surface area contributed by atoms with Gasteiger partial charge in [-0.15, -0.1) is 5.10 Å². The van der Waals surface area contributed by atoms with Crippen molar-refractivity contribution in [2.24, 2.45) is 0 Å². The molecule has 0 unspecified atom stereocenters. The molecule has 0 radical (unpaired) electrons. The van der Waals surface area contributed by atoms with Crippen LogP contribution < -0.4 is 4.74 Å². The van der Waals surface area contributed by atoms with Gasteiger partial charge in [-0.1, -0.05) is 23.9 Å². The van der Waals surface area contributed by atoms with Crippen LogP contribution in [0.1, 0.15) is 26.5 Å². The van der Waals surface area contributed by atoms with Gasteiger partial charge >= 0.3 is 0 Å². The lowest BCUT2D eigenvalue weighted by Crippen LogP contribution is -2.33. The summed E-state index contributed by atoms with van der Waals surface area (Å²) in [6.45, 7) is 3.88. The molecular weight excluding hydrogens is 350 g/mol. The zero-order valence-corrected chi connectivity index (χ0v) is 14.8. The van der Waals surface area contributed by atoms with Crippen LogP contribution in [-0.4, -0.2) is 77.6 Å². The van der Waals surface area contributed by atoms with Crippen molar-refractivity contribution in [3.05, 3.63) is 0 Å². The molecule has 4 atom stereocenters. The minimum Gasteiger partial charge on any atom is -0.476 e. The van der Waals surface area contributed by atoms with Gasteiger partial charge in [0.1, 0.15) is 18.3 Å². The Morgan fingerprint density at radius 1 is 1.24 bits per heavy atom. The predicted octanol–water partition coefficient (Wildman–Crippen LogP) is -0.266. The van der Waals surface area contributed by atoms with Gasteiger partial charge in [0.05, 0.1) is 13.2 Å². The van der Waals surface area contributed by atoms with Crippen LogP contribution in [-0.2, 0) is 4.74 Å². The third kappa shape index (κ3) is 3.42. The Kier molecular flexibility index (Phi) is 5.69. The van der Waals surface area contributed by atoms with Gasteiger partial charge < -0.3 is 24.8 Å². The maximum Gasteiger partial charge on any atom is 0.248 e. The lowest BCUT2D eigenvalue weighted by atomic mass is 10.1. The molecule has 10 nitrogen and oxygen atoms in total. The minimum absolute atomic E-state index is 0.309. The second-order valence-corrected chi connectivity index (χ2v) is 6.59. The summed E-state index contributed by atoms with van der Waals surface area (Å²) in [5.41, 5.74) is 0.687. The van der Waals surface area contributed by atoms with E-state index in [-0.39, 0.29) is 0 Å². The number of thioether (sulfide) groups is 1. The molecule has 0 aliphatic carbocycles. The Labute approximate surface area is 148 Å². The van der Waals surface area contributed by atoms with Crippen LogP contribution in [0.15, 0.2) is 5.16 Å². The first-order valence-electron chi connectivity index (χ1n) is 8.11. The quantitative estimate of drug-likeness (QED) is 0.441. The SMILES string of the molecule is CCCSc1nc(OCC)c2nnn([C@@H]3O[C@H](CO)[C@@H](O)[C@H]3O)c2n1. The summed E-state index contributed by atoms with van der Waals surface area (Å²) >= 11 is 1.47. The van der Waals surface area contributed by atoms with Crippen LogP contribution in [0.3, 0.4) is 0 Å². The van der Waals surface area contributed by atoms with Crippen LogP contribution >= 0.6 is 11.8 Å². The molecule has 3 N–H and O–H groups in total. The molecule has 3 rings (SSSR count). The smallest absolute Gasteiger partial charge is 0.248 e. The summed E-state index contributed by atoms with van der Waals surface area (Å²) < 4.78 is 12.3. The highest BCUT2D eigenvalue weighted by atomic mass is 32.2. The Morgan fingerprint density at radius 3 is 2.68 bits per heavy atom. The Balaban J connectivity index is 2.02. The first kappa shape index (κ1) is 18.3. The first-order valence-corrected chi connectivity index (χ1v) is 9.10. The van der Waals surface area contributed by atoms with Gasteiger partial charge in [-0.05, 0) is 13.3 Å². The van der Waals surface area contributed by atoms with Crippen molar-refractivity contribution in [1.29, 1.82) is 0 Å². The second kappa shape index (κ2) is 7.79. The molecule has 25 heavy (non-hydrogen) atoms. The van der Waals surface area contributed by atoms with E-state index >= 15 is 0 Å². The topological polar surface area (TPSA) is 136 Å². The molecule has 0 amide bonds. The molecule has 0 bridgehead atoms. The molecule has 0 spiro atoms. The normalized spacial score (nSPS) is 26.4. The molecule has 0 aromatic carbocycles. The Morgan fingerprint density at radius 2 is 2.04 bits per heavy atom. The van der Waals surface area contributed by atoms with Crippen molar-refractivity contribution in [1.82, 2.24) is 25.0 Å². The van der Waals surface area contributed by atoms with Gasteiger partial charge in [-0.3, -0.25) is 0 Å².